The van der Waals surface area contributed by atoms with E-state index in [1.54, 1.807) is 18.2 Å². The molecule has 6 rings (SSSR count). The van der Waals surface area contributed by atoms with E-state index >= 15 is 0 Å². The number of amides is 4. The Morgan fingerprint density at radius 2 is 1.39 bits per heavy atom. The van der Waals surface area contributed by atoms with Gasteiger partial charge < -0.3 is 36.4 Å². The van der Waals surface area contributed by atoms with E-state index in [-0.39, 0.29) is 12.1 Å². The first-order valence-corrected chi connectivity index (χ1v) is 18.5. The first-order chi connectivity index (χ1) is 24.7. The second-order valence-electron chi connectivity index (χ2n) is 13.2. The fraction of sp³-hybridized carbons (Fsp3) is 0.350. The molecule has 2 aliphatic heterocycles. The maximum Gasteiger partial charge on any atom is 0.323 e. The maximum absolute atomic E-state index is 12.3. The van der Waals surface area contributed by atoms with Crippen LogP contribution < -0.4 is 31.5 Å². The highest BCUT2D eigenvalue weighted by Gasteiger charge is 2.17. The van der Waals surface area contributed by atoms with E-state index in [0.29, 0.717) is 21.7 Å². The minimum atomic E-state index is -0.328. The largest absolute Gasteiger partial charge is 0.369 e. The standard InChI is InChI=1S/C22H29N3O.C18H20Cl2N4O/c1-3-4-5-17-6-11-21(16(2)14-17)25-22(26)24-20-9-7-18(8-10-20)19-12-13-23-15-19;1-23-8-10-24(11-9-23)15-5-2-13(3-6-15)21-18(25)22-14-4-7-16(19)17(20)12-14/h6-11,14,19,23H,3-5,12-13,15H2,1-2H3,(H2,24,25,26);2-7,12H,8-11H2,1H3,(H2,21,22,25). The van der Waals surface area contributed by atoms with Crippen LogP contribution >= 0.6 is 23.2 Å². The van der Waals surface area contributed by atoms with Crippen LogP contribution in [0.4, 0.5) is 38.0 Å². The van der Waals surface area contributed by atoms with Crippen LogP contribution in [-0.2, 0) is 6.42 Å². The summed E-state index contributed by atoms with van der Waals surface area (Å²) < 4.78 is 0. The van der Waals surface area contributed by atoms with Gasteiger partial charge >= 0.3 is 12.1 Å². The van der Waals surface area contributed by atoms with Gasteiger partial charge in [-0.15, -0.1) is 0 Å². The fourth-order valence-corrected chi connectivity index (χ4v) is 6.45. The highest BCUT2D eigenvalue weighted by atomic mass is 35.5. The SMILES string of the molecule is CCCCc1ccc(NC(=O)Nc2ccc(C3CCNC3)cc2)c(C)c1.CN1CCN(c2ccc(NC(=O)Nc3ccc(Cl)c(Cl)c3)cc2)CC1. The summed E-state index contributed by atoms with van der Waals surface area (Å²) >= 11 is 11.8. The first kappa shape index (κ1) is 38.0. The fourth-order valence-electron chi connectivity index (χ4n) is 6.15. The smallest absolute Gasteiger partial charge is 0.323 e. The molecule has 1 unspecified atom stereocenters. The van der Waals surface area contributed by atoms with Crippen molar-refractivity contribution in [1.82, 2.24) is 10.2 Å². The number of nitrogens with zero attached hydrogens (tertiary/aromatic N) is 2. The van der Waals surface area contributed by atoms with E-state index in [4.69, 9.17) is 23.2 Å². The minimum Gasteiger partial charge on any atom is -0.369 e. The number of hydrogen-bond acceptors (Lipinski definition) is 5. The second kappa shape index (κ2) is 18.8. The summed E-state index contributed by atoms with van der Waals surface area (Å²) in [5, 5.41) is 15.6. The molecule has 2 aliphatic rings. The normalized spacial score (nSPS) is 15.8. The maximum atomic E-state index is 12.3. The van der Waals surface area contributed by atoms with E-state index < -0.39 is 0 Å². The van der Waals surface area contributed by atoms with E-state index in [9.17, 15) is 9.59 Å². The van der Waals surface area contributed by atoms with Crippen molar-refractivity contribution in [1.29, 1.82) is 0 Å². The molecule has 9 nitrogen and oxygen atoms in total. The first-order valence-electron chi connectivity index (χ1n) is 17.7. The van der Waals surface area contributed by atoms with Gasteiger partial charge in [0.25, 0.3) is 0 Å². The number of urea groups is 2. The quantitative estimate of drug-likeness (QED) is 0.118. The Morgan fingerprint density at radius 1 is 0.765 bits per heavy atom. The molecule has 0 aliphatic carbocycles. The van der Waals surface area contributed by atoms with Gasteiger partial charge in [-0.3, -0.25) is 0 Å². The molecule has 0 bridgehead atoms. The minimum absolute atomic E-state index is 0.204. The number of carbonyl (C=O) groups is 2. The van der Waals surface area contributed by atoms with Crippen LogP contribution in [0.2, 0.25) is 10.0 Å². The lowest BCUT2D eigenvalue weighted by atomic mass is 9.98. The van der Waals surface area contributed by atoms with Gasteiger partial charge in [0.2, 0.25) is 0 Å². The Morgan fingerprint density at radius 3 is 2.00 bits per heavy atom. The predicted molar refractivity (Wildman–Crippen MR) is 214 cm³/mol. The molecule has 51 heavy (non-hydrogen) atoms. The molecule has 4 amide bonds. The number of nitrogens with one attached hydrogen (secondary N) is 5. The molecule has 1 atom stereocenters. The van der Waals surface area contributed by atoms with Gasteiger partial charge in [-0.2, -0.15) is 0 Å². The summed E-state index contributed by atoms with van der Waals surface area (Å²) in [6.07, 6.45) is 4.66. The number of likely N-dealkylation sites (N-methyl/N-ethyl adjacent to an activating group) is 1. The van der Waals surface area contributed by atoms with Gasteiger partial charge in [0, 0.05) is 61.2 Å². The van der Waals surface area contributed by atoms with Crippen molar-refractivity contribution < 1.29 is 9.59 Å². The van der Waals surface area contributed by atoms with Gasteiger partial charge in [0.1, 0.15) is 0 Å². The zero-order chi connectivity index (χ0) is 36.2. The van der Waals surface area contributed by atoms with Crippen molar-refractivity contribution in [2.45, 2.75) is 45.4 Å². The summed E-state index contributed by atoms with van der Waals surface area (Å²) in [6, 6.07) is 26.7. The molecular weight excluding hydrogens is 681 g/mol. The Labute approximate surface area is 312 Å². The van der Waals surface area contributed by atoms with Crippen molar-refractivity contribution >= 4 is 63.7 Å². The number of rotatable bonds is 9. The average Bonchev–Trinajstić information content (AvgIpc) is 3.67. The molecule has 2 heterocycles. The van der Waals surface area contributed by atoms with Crippen molar-refractivity contribution in [3.8, 4) is 0 Å². The zero-order valence-corrected chi connectivity index (χ0v) is 31.2. The van der Waals surface area contributed by atoms with E-state index in [1.807, 2.05) is 49.4 Å². The van der Waals surface area contributed by atoms with Gasteiger partial charge in [-0.05, 0) is 123 Å². The second-order valence-corrected chi connectivity index (χ2v) is 14.0. The summed E-state index contributed by atoms with van der Waals surface area (Å²) in [4.78, 5) is 29.1. The average molecular weight is 731 g/mol. The van der Waals surface area contributed by atoms with Gasteiger partial charge in [-0.1, -0.05) is 60.8 Å². The molecule has 4 aromatic rings. The lowest BCUT2D eigenvalue weighted by molar-refractivity contribution is 0.261. The monoisotopic (exact) mass is 729 g/mol. The van der Waals surface area contributed by atoms with Crippen LogP contribution in [0.15, 0.2) is 84.9 Å². The lowest BCUT2D eigenvalue weighted by Crippen LogP contribution is -2.44. The van der Waals surface area contributed by atoms with Crippen molar-refractivity contribution in [3.63, 3.8) is 0 Å². The molecule has 0 saturated carbocycles. The van der Waals surface area contributed by atoms with Crippen molar-refractivity contribution in [2.75, 3.05) is 72.5 Å². The molecule has 4 aromatic carbocycles. The van der Waals surface area contributed by atoms with E-state index in [2.05, 4.69) is 74.6 Å². The Kier molecular flexibility index (Phi) is 14.0. The number of piperazine rings is 1. The topological polar surface area (TPSA) is 101 Å². The molecule has 270 valence electrons. The molecule has 0 spiro atoms. The third-order valence-electron chi connectivity index (χ3n) is 9.23. The number of unbranched alkanes of at least 4 members (excludes halogenated alkanes) is 1. The summed E-state index contributed by atoms with van der Waals surface area (Å²) in [5.41, 5.74) is 7.91. The number of hydrogen-bond donors (Lipinski definition) is 5. The Hall–Kier alpha value is -4.28. The molecule has 2 fully saturated rings. The number of benzene rings is 4. The number of aryl methyl sites for hydroxylation is 2. The lowest BCUT2D eigenvalue weighted by Gasteiger charge is -2.34. The molecule has 0 radical (unpaired) electrons. The highest BCUT2D eigenvalue weighted by Crippen LogP contribution is 2.26. The highest BCUT2D eigenvalue weighted by molar-refractivity contribution is 6.42. The number of carbonyl (C=O) groups excluding carboxylic acids is 2. The molecular formula is C40H49Cl2N7O2. The van der Waals surface area contributed by atoms with Crippen LogP contribution in [-0.4, -0.2) is 63.3 Å². The molecule has 5 N–H and O–H groups in total. The van der Waals surface area contributed by atoms with Gasteiger partial charge in [0.05, 0.1) is 10.0 Å². The molecule has 2 saturated heterocycles. The van der Waals surface area contributed by atoms with Crippen LogP contribution in [0.5, 0.6) is 0 Å². The summed E-state index contributed by atoms with van der Waals surface area (Å²) in [7, 11) is 2.14. The van der Waals surface area contributed by atoms with Gasteiger partial charge in [-0.25, -0.2) is 9.59 Å². The van der Waals surface area contributed by atoms with E-state index in [1.165, 1.54) is 36.1 Å². The van der Waals surface area contributed by atoms with Crippen LogP contribution in [0.3, 0.4) is 0 Å². The van der Waals surface area contributed by atoms with Crippen LogP contribution in [0.1, 0.15) is 48.8 Å². The van der Waals surface area contributed by atoms with Gasteiger partial charge in [0.15, 0.2) is 0 Å². The zero-order valence-electron chi connectivity index (χ0n) is 29.7. The van der Waals surface area contributed by atoms with Crippen molar-refractivity contribution in [2.24, 2.45) is 0 Å². The summed E-state index contributed by atoms with van der Waals surface area (Å²) in [5.74, 6) is 0.590. The predicted octanol–water partition coefficient (Wildman–Crippen LogP) is 9.45. The number of halogens is 2. The Balaban J connectivity index is 0.000000198. The number of anilines is 5. The molecule has 0 aromatic heterocycles. The molecule has 11 heteroatoms. The Bertz CT molecular complexity index is 1740. The van der Waals surface area contributed by atoms with Crippen molar-refractivity contribution in [3.05, 3.63) is 112 Å². The van der Waals surface area contributed by atoms with Crippen LogP contribution in [0, 0.1) is 6.92 Å². The third-order valence-corrected chi connectivity index (χ3v) is 9.97. The third kappa shape index (κ3) is 11.6. The van der Waals surface area contributed by atoms with E-state index in [0.717, 1.165) is 68.3 Å². The summed E-state index contributed by atoms with van der Waals surface area (Å²) in [6.45, 7) is 10.5. The van der Waals surface area contributed by atoms with Crippen LogP contribution in [0.25, 0.3) is 0 Å².